The van der Waals surface area contributed by atoms with Gasteiger partial charge in [-0.2, -0.15) is 0 Å². The van der Waals surface area contributed by atoms with Crippen LogP contribution in [0.5, 0.6) is 0 Å². The molecule has 0 rings (SSSR count). The maximum atomic E-state index is 10.9. The summed E-state index contributed by atoms with van der Waals surface area (Å²) < 4.78 is 21.8. The molecule has 0 heterocycles. The van der Waals surface area contributed by atoms with Gasteiger partial charge in [-0.05, 0) is 12.8 Å². The third kappa shape index (κ3) is 4.76. The van der Waals surface area contributed by atoms with E-state index in [1.807, 2.05) is 6.92 Å². The minimum atomic E-state index is -2.85. The molecule has 0 aromatic heterocycles. The third-order valence-corrected chi connectivity index (χ3v) is 3.07. The first-order valence-electron chi connectivity index (χ1n) is 3.43. The zero-order valence-electron chi connectivity index (χ0n) is 6.21. The summed E-state index contributed by atoms with van der Waals surface area (Å²) in [6.45, 7) is 1.79. The van der Waals surface area contributed by atoms with Gasteiger partial charge < -0.3 is 5.11 Å². The van der Waals surface area contributed by atoms with Crippen LogP contribution >= 0.6 is 0 Å². The summed E-state index contributed by atoms with van der Waals surface area (Å²) in [5.41, 5.74) is 0. The molecule has 62 valence electrons. The first-order valence-corrected chi connectivity index (χ1v) is 5.26. The van der Waals surface area contributed by atoms with E-state index in [0.717, 1.165) is 0 Å². The second-order valence-electron chi connectivity index (χ2n) is 2.23. The van der Waals surface area contributed by atoms with Gasteiger partial charge in [-0.3, -0.25) is 0 Å². The molecular formula is C6H14O3S. The van der Waals surface area contributed by atoms with E-state index < -0.39 is 9.84 Å². The molecular weight excluding hydrogens is 152 g/mol. The predicted molar refractivity (Wildman–Crippen MR) is 40.6 cm³/mol. The van der Waals surface area contributed by atoms with Gasteiger partial charge in [0, 0.05) is 12.4 Å². The van der Waals surface area contributed by atoms with Crippen molar-refractivity contribution < 1.29 is 13.5 Å². The minimum Gasteiger partial charge on any atom is -0.396 e. The largest absolute Gasteiger partial charge is 0.396 e. The van der Waals surface area contributed by atoms with Crippen LogP contribution in [0.2, 0.25) is 0 Å². The van der Waals surface area contributed by atoms with Crippen LogP contribution < -0.4 is 0 Å². The Labute approximate surface area is 62.0 Å². The molecule has 0 aliphatic heterocycles. The van der Waals surface area contributed by atoms with E-state index in [9.17, 15) is 8.42 Å². The van der Waals surface area contributed by atoms with E-state index in [4.69, 9.17) is 5.11 Å². The quantitative estimate of drug-likeness (QED) is 0.634. The Morgan fingerprint density at radius 3 is 2.30 bits per heavy atom. The van der Waals surface area contributed by atoms with Crippen LogP contribution in [-0.4, -0.2) is 31.6 Å². The van der Waals surface area contributed by atoms with Gasteiger partial charge in [0.2, 0.25) is 0 Å². The zero-order chi connectivity index (χ0) is 8.04. The van der Waals surface area contributed by atoms with Crippen molar-refractivity contribution >= 4 is 9.84 Å². The second kappa shape index (κ2) is 4.68. The lowest BCUT2D eigenvalue weighted by Gasteiger charge is -1.98. The maximum Gasteiger partial charge on any atom is 0.150 e. The fourth-order valence-electron chi connectivity index (χ4n) is 0.698. The number of sulfone groups is 1. The lowest BCUT2D eigenvalue weighted by atomic mass is 10.5. The second-order valence-corrected chi connectivity index (χ2v) is 4.53. The van der Waals surface area contributed by atoms with Crippen molar-refractivity contribution in [1.29, 1.82) is 0 Å². The molecule has 0 amide bonds. The van der Waals surface area contributed by atoms with Crippen molar-refractivity contribution in [1.82, 2.24) is 0 Å². The predicted octanol–water partition coefficient (Wildman–Crippen LogP) is 0.194. The van der Waals surface area contributed by atoms with Crippen molar-refractivity contribution in [3.05, 3.63) is 0 Å². The van der Waals surface area contributed by atoms with Gasteiger partial charge in [-0.15, -0.1) is 0 Å². The van der Waals surface area contributed by atoms with E-state index in [1.165, 1.54) is 0 Å². The Morgan fingerprint density at radius 2 is 1.90 bits per heavy atom. The summed E-state index contributed by atoms with van der Waals surface area (Å²) >= 11 is 0. The average Bonchev–Trinajstić information content (AvgIpc) is 1.84. The molecule has 0 aliphatic carbocycles. The summed E-state index contributed by atoms with van der Waals surface area (Å²) in [5, 5.41) is 8.33. The highest BCUT2D eigenvalue weighted by Gasteiger charge is 2.06. The highest BCUT2D eigenvalue weighted by molar-refractivity contribution is 7.91. The topological polar surface area (TPSA) is 54.4 Å². The number of aliphatic hydroxyl groups is 1. The molecule has 0 aliphatic rings. The molecule has 0 radical (unpaired) electrons. The first kappa shape index (κ1) is 9.91. The molecule has 0 fully saturated rings. The summed E-state index contributed by atoms with van der Waals surface area (Å²) in [5.74, 6) is 0.365. The molecule has 0 unspecified atom stereocenters. The lowest BCUT2D eigenvalue weighted by Crippen LogP contribution is -2.11. The molecule has 4 heteroatoms. The number of hydrogen-bond donors (Lipinski definition) is 1. The van der Waals surface area contributed by atoms with Crippen molar-refractivity contribution in [3.63, 3.8) is 0 Å². The van der Waals surface area contributed by atoms with Crippen molar-refractivity contribution in [2.24, 2.45) is 0 Å². The molecule has 0 spiro atoms. The van der Waals surface area contributed by atoms with Crippen LogP contribution in [0.3, 0.4) is 0 Å². The highest BCUT2D eigenvalue weighted by Crippen LogP contribution is 1.95. The molecule has 10 heavy (non-hydrogen) atoms. The Kier molecular flexibility index (Phi) is 4.64. The van der Waals surface area contributed by atoms with Gasteiger partial charge in [-0.25, -0.2) is 8.42 Å². The Hall–Kier alpha value is -0.0900. The van der Waals surface area contributed by atoms with Gasteiger partial charge in [-0.1, -0.05) is 6.92 Å². The fraction of sp³-hybridized carbons (Fsp3) is 1.00. The van der Waals surface area contributed by atoms with Crippen molar-refractivity contribution in [3.8, 4) is 0 Å². The third-order valence-electron chi connectivity index (χ3n) is 1.13. The summed E-state index contributed by atoms with van der Waals surface area (Å²) in [6.07, 6.45) is 1.02. The number of hydrogen-bond acceptors (Lipinski definition) is 3. The van der Waals surface area contributed by atoms with E-state index in [2.05, 4.69) is 0 Å². The van der Waals surface area contributed by atoms with Crippen LogP contribution in [0.4, 0.5) is 0 Å². The van der Waals surface area contributed by atoms with Gasteiger partial charge in [0.1, 0.15) is 9.84 Å². The zero-order valence-corrected chi connectivity index (χ0v) is 7.02. The normalized spacial score (nSPS) is 11.8. The summed E-state index contributed by atoms with van der Waals surface area (Å²) in [7, 11) is -2.85. The van der Waals surface area contributed by atoms with Crippen LogP contribution in [0.15, 0.2) is 0 Å². The molecule has 0 saturated heterocycles. The van der Waals surface area contributed by atoms with E-state index in [1.54, 1.807) is 0 Å². The minimum absolute atomic E-state index is 0.0387. The first-order chi connectivity index (χ1) is 4.62. The summed E-state index contributed by atoms with van der Waals surface area (Å²) in [4.78, 5) is 0. The van der Waals surface area contributed by atoms with Crippen LogP contribution in [0.25, 0.3) is 0 Å². The van der Waals surface area contributed by atoms with Gasteiger partial charge >= 0.3 is 0 Å². The molecule has 0 atom stereocenters. The van der Waals surface area contributed by atoms with E-state index in [-0.39, 0.29) is 18.1 Å². The van der Waals surface area contributed by atoms with Crippen molar-refractivity contribution in [2.75, 3.05) is 18.1 Å². The maximum absolute atomic E-state index is 10.9. The fourth-order valence-corrected chi connectivity index (χ4v) is 2.09. The molecule has 3 nitrogen and oxygen atoms in total. The van der Waals surface area contributed by atoms with Gasteiger partial charge in [0.05, 0.1) is 5.75 Å². The Morgan fingerprint density at radius 1 is 1.30 bits per heavy atom. The molecule has 0 bridgehead atoms. The smallest absolute Gasteiger partial charge is 0.150 e. The molecule has 0 saturated carbocycles. The number of aliphatic hydroxyl groups excluding tert-OH is 1. The average molecular weight is 166 g/mol. The van der Waals surface area contributed by atoms with Crippen LogP contribution in [-0.2, 0) is 9.84 Å². The Bertz CT molecular complexity index is 160. The monoisotopic (exact) mass is 166 g/mol. The van der Waals surface area contributed by atoms with E-state index in [0.29, 0.717) is 12.8 Å². The van der Waals surface area contributed by atoms with Gasteiger partial charge in [0.25, 0.3) is 0 Å². The van der Waals surface area contributed by atoms with Crippen LogP contribution in [0.1, 0.15) is 19.8 Å². The SMILES string of the molecule is CCCS(=O)(=O)CCCO. The Balaban J connectivity index is 3.65. The molecule has 0 aromatic carbocycles. The van der Waals surface area contributed by atoms with E-state index >= 15 is 0 Å². The number of rotatable bonds is 5. The lowest BCUT2D eigenvalue weighted by molar-refractivity contribution is 0.295. The highest BCUT2D eigenvalue weighted by atomic mass is 32.2. The van der Waals surface area contributed by atoms with Gasteiger partial charge in [0.15, 0.2) is 0 Å². The standard InChI is InChI=1S/C6H14O3S/c1-2-5-10(8,9)6-3-4-7/h7H,2-6H2,1H3. The summed E-state index contributed by atoms with van der Waals surface area (Å²) in [6, 6.07) is 0. The van der Waals surface area contributed by atoms with Crippen molar-refractivity contribution in [2.45, 2.75) is 19.8 Å². The molecule has 0 aromatic rings. The molecule has 1 N–H and O–H groups in total. The van der Waals surface area contributed by atoms with Crippen LogP contribution in [0, 0.1) is 0 Å².